The summed E-state index contributed by atoms with van der Waals surface area (Å²) in [4.78, 5) is 14.5. The first-order valence-electron chi connectivity index (χ1n) is 9.70. The van der Waals surface area contributed by atoms with Crippen molar-refractivity contribution in [2.24, 2.45) is 0 Å². The second-order valence-electron chi connectivity index (χ2n) is 7.98. The highest BCUT2D eigenvalue weighted by molar-refractivity contribution is 5.99. The molecule has 0 aliphatic carbocycles. The van der Waals surface area contributed by atoms with Gasteiger partial charge in [0.05, 0.1) is 0 Å². The number of carbonyl (C=O) groups excluding carboxylic acids is 1. The Morgan fingerprint density at radius 2 is 1.36 bits per heavy atom. The van der Waals surface area contributed by atoms with Gasteiger partial charge >= 0.3 is 0 Å². The van der Waals surface area contributed by atoms with Gasteiger partial charge < -0.3 is 10.0 Å². The zero-order chi connectivity index (χ0) is 19.7. The zero-order valence-electron chi connectivity index (χ0n) is 16.2. The van der Waals surface area contributed by atoms with Gasteiger partial charge in [-0.15, -0.1) is 0 Å². The van der Waals surface area contributed by atoms with E-state index in [0.717, 1.165) is 11.3 Å². The second-order valence-corrected chi connectivity index (χ2v) is 7.98. The predicted octanol–water partition coefficient (Wildman–Crippen LogP) is 4.80. The van der Waals surface area contributed by atoms with Gasteiger partial charge in [0.2, 0.25) is 0 Å². The number of para-hydroxylation sites is 1. The lowest BCUT2D eigenvalue weighted by Crippen LogP contribution is -2.45. The van der Waals surface area contributed by atoms with Crippen LogP contribution >= 0.6 is 0 Å². The third-order valence-corrected chi connectivity index (χ3v) is 5.88. The van der Waals surface area contributed by atoms with Crippen LogP contribution in [0.4, 0.5) is 5.69 Å². The van der Waals surface area contributed by atoms with Crippen LogP contribution in [-0.2, 0) is 10.2 Å². The van der Waals surface area contributed by atoms with Crippen LogP contribution in [0.3, 0.4) is 0 Å². The molecule has 142 valence electrons. The molecular weight excluding hydrogens is 346 g/mol. The molecule has 3 heteroatoms. The van der Waals surface area contributed by atoms with E-state index in [2.05, 4.69) is 50.2 Å². The quantitative estimate of drug-likeness (QED) is 0.716. The highest BCUT2D eigenvalue weighted by Gasteiger charge is 2.47. The minimum absolute atomic E-state index is 0.111. The van der Waals surface area contributed by atoms with E-state index < -0.39 is 6.10 Å². The molecule has 0 saturated carbocycles. The summed E-state index contributed by atoms with van der Waals surface area (Å²) in [6.45, 7) is 4.30. The van der Waals surface area contributed by atoms with E-state index >= 15 is 0 Å². The number of aliphatic hydroxyl groups is 1. The molecule has 2 atom stereocenters. The van der Waals surface area contributed by atoms with Crippen LogP contribution in [0, 0.1) is 0 Å². The minimum Gasteiger partial charge on any atom is -0.383 e. The monoisotopic (exact) mass is 371 g/mol. The van der Waals surface area contributed by atoms with Crippen LogP contribution in [0.15, 0.2) is 84.9 Å². The zero-order valence-corrected chi connectivity index (χ0v) is 16.2. The third-order valence-electron chi connectivity index (χ3n) is 5.88. The molecule has 0 radical (unpaired) electrons. The summed E-state index contributed by atoms with van der Waals surface area (Å²) in [6, 6.07) is 28.4. The summed E-state index contributed by atoms with van der Waals surface area (Å²) >= 11 is 0. The number of anilines is 1. The molecule has 3 nitrogen and oxygen atoms in total. The second kappa shape index (κ2) is 7.25. The summed E-state index contributed by atoms with van der Waals surface area (Å²) < 4.78 is 0. The Kier molecular flexibility index (Phi) is 4.78. The van der Waals surface area contributed by atoms with E-state index in [9.17, 15) is 9.90 Å². The molecule has 0 bridgehead atoms. The van der Waals surface area contributed by atoms with Crippen LogP contribution in [-0.4, -0.2) is 23.2 Å². The van der Waals surface area contributed by atoms with E-state index in [4.69, 9.17) is 0 Å². The highest BCUT2D eigenvalue weighted by Crippen LogP contribution is 2.40. The summed E-state index contributed by atoms with van der Waals surface area (Å²) in [5, 5.41) is 10.3. The molecule has 1 aliphatic rings. The van der Waals surface area contributed by atoms with Crippen molar-refractivity contribution in [1.29, 1.82) is 0 Å². The SMILES string of the molecule is CC(C)(c1ccc(-c2ccccc2)cc1)[C@@H]1C[C@@H](O)C(=O)N1c1ccccc1. The molecule has 1 aliphatic heterocycles. The Hall–Kier alpha value is -2.91. The number of amides is 1. The maximum absolute atomic E-state index is 12.7. The molecular formula is C25H25NO2. The fourth-order valence-electron chi connectivity index (χ4n) is 4.16. The van der Waals surface area contributed by atoms with Crippen molar-refractivity contribution in [2.45, 2.75) is 37.8 Å². The Bertz CT molecular complexity index is 949. The molecule has 0 aromatic heterocycles. The average molecular weight is 371 g/mol. The number of hydrogen-bond acceptors (Lipinski definition) is 2. The molecule has 4 rings (SSSR count). The lowest BCUT2D eigenvalue weighted by molar-refractivity contribution is -0.124. The van der Waals surface area contributed by atoms with Crippen LogP contribution in [0.1, 0.15) is 25.8 Å². The number of hydrogen-bond donors (Lipinski definition) is 1. The molecule has 1 saturated heterocycles. The van der Waals surface area contributed by atoms with Crippen molar-refractivity contribution >= 4 is 11.6 Å². The van der Waals surface area contributed by atoms with Crippen molar-refractivity contribution in [3.63, 3.8) is 0 Å². The fourth-order valence-corrected chi connectivity index (χ4v) is 4.16. The van der Waals surface area contributed by atoms with Gasteiger partial charge in [0.1, 0.15) is 6.10 Å². The summed E-state index contributed by atoms with van der Waals surface area (Å²) in [7, 11) is 0. The topological polar surface area (TPSA) is 40.5 Å². The highest BCUT2D eigenvalue weighted by atomic mass is 16.3. The van der Waals surface area contributed by atoms with Gasteiger partial charge in [0, 0.05) is 23.6 Å². The lowest BCUT2D eigenvalue weighted by atomic mass is 9.76. The molecule has 1 amide bonds. The Balaban J connectivity index is 1.67. The maximum atomic E-state index is 12.7. The Morgan fingerprint density at radius 1 is 0.821 bits per heavy atom. The lowest BCUT2D eigenvalue weighted by Gasteiger charge is -2.38. The third kappa shape index (κ3) is 3.23. The first-order chi connectivity index (χ1) is 13.5. The van der Waals surface area contributed by atoms with Gasteiger partial charge in [0.15, 0.2) is 0 Å². The van der Waals surface area contributed by atoms with Gasteiger partial charge in [-0.1, -0.05) is 86.6 Å². The molecule has 3 aromatic carbocycles. The van der Waals surface area contributed by atoms with Crippen molar-refractivity contribution in [3.8, 4) is 11.1 Å². The van der Waals surface area contributed by atoms with Crippen LogP contribution in [0.2, 0.25) is 0 Å². The van der Waals surface area contributed by atoms with E-state index in [1.165, 1.54) is 11.1 Å². The fraction of sp³-hybridized carbons (Fsp3) is 0.240. The van der Waals surface area contributed by atoms with Crippen molar-refractivity contribution < 1.29 is 9.90 Å². The van der Waals surface area contributed by atoms with Crippen LogP contribution in [0.5, 0.6) is 0 Å². The Labute approximate surface area is 166 Å². The first-order valence-corrected chi connectivity index (χ1v) is 9.70. The number of nitrogens with zero attached hydrogens (tertiary/aromatic N) is 1. The maximum Gasteiger partial charge on any atom is 0.256 e. The summed E-state index contributed by atoms with van der Waals surface area (Å²) in [5.41, 5.74) is 4.04. The van der Waals surface area contributed by atoms with Gasteiger partial charge in [-0.25, -0.2) is 0 Å². The van der Waals surface area contributed by atoms with Crippen molar-refractivity contribution in [3.05, 3.63) is 90.5 Å². The largest absolute Gasteiger partial charge is 0.383 e. The number of benzene rings is 3. The summed E-state index contributed by atoms with van der Waals surface area (Å²) in [6.07, 6.45) is -0.519. The number of carbonyl (C=O) groups is 1. The van der Waals surface area contributed by atoms with Gasteiger partial charge in [-0.3, -0.25) is 4.79 Å². The molecule has 0 spiro atoms. The molecule has 1 heterocycles. The Morgan fingerprint density at radius 3 is 1.96 bits per heavy atom. The number of rotatable bonds is 4. The van der Waals surface area contributed by atoms with Crippen LogP contribution in [0.25, 0.3) is 11.1 Å². The summed E-state index contributed by atoms with van der Waals surface area (Å²) in [5.74, 6) is -0.217. The predicted molar refractivity (Wildman–Crippen MR) is 113 cm³/mol. The average Bonchev–Trinajstić information content (AvgIpc) is 3.05. The van der Waals surface area contributed by atoms with Crippen molar-refractivity contribution in [1.82, 2.24) is 0 Å². The standard InChI is InChI=1S/C25H25NO2/c1-25(2,20-15-13-19(14-16-20)18-9-5-3-6-10-18)23-17-22(27)24(28)26(23)21-11-7-4-8-12-21/h3-16,22-23,27H,17H2,1-2H3/t22-,23+/m1/s1. The molecule has 3 aromatic rings. The van der Waals surface area contributed by atoms with E-state index in [1.807, 2.05) is 48.5 Å². The van der Waals surface area contributed by atoms with Crippen LogP contribution < -0.4 is 4.90 Å². The van der Waals surface area contributed by atoms with Gasteiger partial charge in [0.25, 0.3) is 5.91 Å². The van der Waals surface area contributed by atoms with Crippen molar-refractivity contribution in [2.75, 3.05) is 4.90 Å². The molecule has 1 fully saturated rings. The van der Waals surface area contributed by atoms with Gasteiger partial charge in [-0.2, -0.15) is 0 Å². The molecule has 1 N–H and O–H groups in total. The minimum atomic E-state index is -0.951. The number of aliphatic hydroxyl groups excluding tert-OH is 1. The van der Waals surface area contributed by atoms with Gasteiger partial charge in [-0.05, 0) is 28.8 Å². The normalized spacial score (nSPS) is 19.8. The van der Waals surface area contributed by atoms with E-state index in [0.29, 0.717) is 6.42 Å². The first kappa shape index (κ1) is 18.5. The smallest absolute Gasteiger partial charge is 0.256 e. The van der Waals surface area contributed by atoms with E-state index in [-0.39, 0.29) is 17.4 Å². The molecule has 0 unspecified atom stereocenters. The molecule has 28 heavy (non-hydrogen) atoms. The van der Waals surface area contributed by atoms with E-state index in [1.54, 1.807) is 4.90 Å².